The van der Waals surface area contributed by atoms with Crippen LogP contribution in [0.2, 0.25) is 0 Å². The van der Waals surface area contributed by atoms with E-state index in [4.69, 9.17) is 9.97 Å². The largest absolute Gasteiger partial charge is 0.507 e. The predicted molar refractivity (Wildman–Crippen MR) is 297 cm³/mol. The summed E-state index contributed by atoms with van der Waals surface area (Å²) in [6, 6.07) is 56.0. The van der Waals surface area contributed by atoms with E-state index in [0.29, 0.717) is 11.4 Å². The molecule has 4 nitrogen and oxygen atoms in total. The Labute approximate surface area is 435 Å². The average molecular weight is 1110 g/mol. The molecule has 0 aliphatic heterocycles. The van der Waals surface area contributed by atoms with Crippen molar-refractivity contribution in [3.8, 4) is 67.5 Å². The van der Waals surface area contributed by atoms with E-state index in [1.54, 1.807) is 0 Å². The average Bonchev–Trinajstić information content (AvgIpc) is 3.70. The summed E-state index contributed by atoms with van der Waals surface area (Å²) < 4.78 is 2.30. The van der Waals surface area contributed by atoms with E-state index < -0.39 is 0 Å². The quantitative estimate of drug-likeness (QED) is 0.133. The topological polar surface area (TPSA) is 50.9 Å². The van der Waals surface area contributed by atoms with Gasteiger partial charge in [0.2, 0.25) is 0 Å². The number of hydrogen-bond donors (Lipinski definition) is 1. The standard InChI is InChI=1S/C66H64N3O.Pt/c1-39-33-40(2)57(41(3)34-39)46-26-20-25-45(35-46)54-30-28-50-58(44-23-18-15-19-24-44)42(4)49-29-32-56-61(59(49)60(50)67-54)68-63(52-37-48(65(8,9)10)38-53(62(52)70)66(11,12)13)69(56)55-31-27-47(64(5,6)7)36-51(55)43-21-16-14-17-22-43;/h14-24,26-38,70H,1-13H3;/q-1;. The van der Waals surface area contributed by atoms with E-state index in [9.17, 15) is 5.11 Å². The molecule has 10 aromatic rings. The molecule has 360 valence electrons. The summed E-state index contributed by atoms with van der Waals surface area (Å²) in [6.45, 7) is 28.8. The van der Waals surface area contributed by atoms with E-state index in [2.05, 4.69) is 240 Å². The molecule has 2 aromatic heterocycles. The van der Waals surface area contributed by atoms with Gasteiger partial charge >= 0.3 is 0 Å². The van der Waals surface area contributed by atoms with Crippen molar-refractivity contribution in [3.05, 3.63) is 191 Å². The van der Waals surface area contributed by atoms with Gasteiger partial charge in [0, 0.05) is 43.0 Å². The molecule has 0 saturated carbocycles. The van der Waals surface area contributed by atoms with Crippen molar-refractivity contribution >= 4 is 32.7 Å². The van der Waals surface area contributed by atoms with Gasteiger partial charge in [-0.25, -0.2) is 4.98 Å². The summed E-state index contributed by atoms with van der Waals surface area (Å²) >= 11 is 0. The van der Waals surface area contributed by atoms with Crippen LogP contribution in [0.25, 0.3) is 94.4 Å². The van der Waals surface area contributed by atoms with Crippen molar-refractivity contribution in [1.29, 1.82) is 0 Å². The minimum Gasteiger partial charge on any atom is -0.507 e. The molecule has 0 unspecified atom stereocenters. The molecule has 2 heterocycles. The van der Waals surface area contributed by atoms with Crippen LogP contribution in [-0.2, 0) is 37.3 Å². The van der Waals surface area contributed by atoms with Crippen molar-refractivity contribution in [2.24, 2.45) is 0 Å². The molecular formula is C66H64N3OPt-. The van der Waals surface area contributed by atoms with Crippen LogP contribution in [0.15, 0.2) is 146 Å². The summed E-state index contributed by atoms with van der Waals surface area (Å²) in [4.78, 5) is 11.5. The summed E-state index contributed by atoms with van der Waals surface area (Å²) in [5.41, 5.74) is 20.5. The molecule has 0 spiro atoms. The van der Waals surface area contributed by atoms with Crippen LogP contribution in [-0.4, -0.2) is 19.6 Å². The van der Waals surface area contributed by atoms with E-state index in [-0.39, 0.29) is 43.1 Å². The van der Waals surface area contributed by atoms with Gasteiger partial charge in [-0.15, -0.1) is 35.4 Å². The molecule has 0 amide bonds. The minimum atomic E-state index is -0.347. The van der Waals surface area contributed by atoms with Gasteiger partial charge in [0.25, 0.3) is 0 Å². The third-order valence-electron chi connectivity index (χ3n) is 14.3. The molecule has 71 heavy (non-hydrogen) atoms. The number of benzene rings is 8. The van der Waals surface area contributed by atoms with Crippen LogP contribution in [0.4, 0.5) is 0 Å². The molecule has 0 aliphatic carbocycles. The first-order chi connectivity index (χ1) is 33.2. The fourth-order valence-corrected chi connectivity index (χ4v) is 10.7. The first-order valence-corrected chi connectivity index (χ1v) is 24.7. The van der Waals surface area contributed by atoms with Crippen LogP contribution in [0.1, 0.15) is 101 Å². The third-order valence-corrected chi connectivity index (χ3v) is 14.3. The maximum absolute atomic E-state index is 12.7. The number of pyridine rings is 1. The predicted octanol–water partition coefficient (Wildman–Crippen LogP) is 17.7. The Morgan fingerprint density at radius 2 is 1.14 bits per heavy atom. The molecule has 0 bridgehead atoms. The van der Waals surface area contributed by atoms with Crippen molar-refractivity contribution in [1.82, 2.24) is 14.5 Å². The fraction of sp³-hybridized carbons (Fsp3) is 0.242. The van der Waals surface area contributed by atoms with Crippen LogP contribution in [0, 0.1) is 33.8 Å². The Bertz CT molecular complexity index is 3670. The normalized spacial score (nSPS) is 12.2. The van der Waals surface area contributed by atoms with Crippen molar-refractivity contribution in [3.63, 3.8) is 0 Å². The minimum absolute atomic E-state index is 0. The van der Waals surface area contributed by atoms with Crippen molar-refractivity contribution in [2.75, 3.05) is 0 Å². The second-order valence-electron chi connectivity index (χ2n) is 22.6. The molecular weight excluding hydrogens is 1050 g/mol. The zero-order valence-corrected chi connectivity index (χ0v) is 45.7. The number of nitrogens with zero attached hydrogens (tertiary/aromatic N) is 3. The number of hydrogen-bond acceptors (Lipinski definition) is 3. The molecule has 0 atom stereocenters. The molecule has 8 aromatic carbocycles. The molecule has 0 saturated heterocycles. The Hall–Kier alpha value is -6.61. The Morgan fingerprint density at radius 3 is 1.77 bits per heavy atom. The second kappa shape index (κ2) is 18.2. The van der Waals surface area contributed by atoms with Gasteiger partial charge in [0.15, 0.2) is 0 Å². The first-order valence-electron chi connectivity index (χ1n) is 24.7. The monoisotopic (exact) mass is 1110 g/mol. The summed E-state index contributed by atoms with van der Waals surface area (Å²) in [7, 11) is 0. The SMILES string of the molecule is Cc1cc(C)c(-c2cc[c-]c(-c3ccc4c(-c5ccccc5)c(C)c5ccc6c(nc(-c7cc(C(C)(C)C)cc(C(C)(C)C)c7O)n6-c6ccc(C(C)(C)C)cc6-c6ccccc6)c5c4n3)c2)c(C)c1.[Pt]. The van der Waals surface area contributed by atoms with Crippen LogP contribution in [0.5, 0.6) is 5.75 Å². The van der Waals surface area contributed by atoms with Gasteiger partial charge < -0.3 is 5.11 Å². The van der Waals surface area contributed by atoms with Crippen LogP contribution in [0.3, 0.4) is 0 Å². The number of aromatic nitrogens is 3. The summed E-state index contributed by atoms with van der Waals surface area (Å²) in [6.07, 6.45) is 0. The molecule has 0 radical (unpaired) electrons. The molecule has 1 N–H and O–H groups in total. The van der Waals surface area contributed by atoms with Gasteiger partial charge in [0.05, 0.1) is 27.8 Å². The number of aromatic hydroxyl groups is 1. The summed E-state index contributed by atoms with van der Waals surface area (Å²) in [5.74, 6) is 0.924. The number of phenolic OH excluding ortho intramolecular Hbond substituents is 1. The van der Waals surface area contributed by atoms with Crippen molar-refractivity contribution < 1.29 is 26.2 Å². The van der Waals surface area contributed by atoms with Crippen LogP contribution >= 0.6 is 0 Å². The number of imidazole rings is 1. The number of aryl methyl sites for hydroxylation is 4. The third kappa shape index (κ3) is 8.84. The Balaban J connectivity index is 0.00000624. The van der Waals surface area contributed by atoms with Gasteiger partial charge in [0.1, 0.15) is 11.6 Å². The van der Waals surface area contributed by atoms with E-state index in [1.165, 1.54) is 27.8 Å². The smallest absolute Gasteiger partial charge is 0.149 e. The van der Waals surface area contributed by atoms with Crippen molar-refractivity contribution in [2.45, 2.75) is 106 Å². The molecule has 0 aliphatic rings. The second-order valence-corrected chi connectivity index (χ2v) is 22.6. The number of rotatable bonds is 6. The maximum atomic E-state index is 12.7. The molecule has 10 rings (SSSR count). The van der Waals surface area contributed by atoms with E-state index >= 15 is 0 Å². The maximum Gasteiger partial charge on any atom is 0.149 e. The fourth-order valence-electron chi connectivity index (χ4n) is 10.7. The first kappa shape index (κ1) is 49.4. The van der Waals surface area contributed by atoms with Gasteiger partial charge in [-0.1, -0.05) is 171 Å². The molecule has 5 heteroatoms. The zero-order valence-electron chi connectivity index (χ0n) is 43.5. The number of phenols is 1. The summed E-state index contributed by atoms with van der Waals surface area (Å²) in [5, 5.41) is 15.8. The Morgan fingerprint density at radius 1 is 0.521 bits per heavy atom. The van der Waals surface area contributed by atoms with Crippen LogP contribution < -0.4 is 0 Å². The Kier molecular flexibility index (Phi) is 12.7. The molecule has 0 fully saturated rings. The van der Waals surface area contributed by atoms with Gasteiger partial charge in [-0.3, -0.25) is 9.55 Å². The number of fused-ring (bicyclic) bond motifs is 5. The van der Waals surface area contributed by atoms with E-state index in [1.807, 2.05) is 6.07 Å². The van der Waals surface area contributed by atoms with Gasteiger partial charge in [-0.05, 0) is 129 Å². The zero-order chi connectivity index (χ0) is 49.6. The van der Waals surface area contributed by atoms with E-state index in [0.717, 1.165) is 94.2 Å². The van der Waals surface area contributed by atoms with Gasteiger partial charge in [-0.2, -0.15) is 0 Å².